The molecule has 2 aromatic rings. The second-order valence-electron chi connectivity index (χ2n) is 5.11. The molecule has 2 heterocycles. The van der Waals surface area contributed by atoms with Gasteiger partial charge in [-0.2, -0.15) is 23.4 Å². The molecule has 0 aliphatic rings. The van der Waals surface area contributed by atoms with Gasteiger partial charge in [-0.05, 0) is 26.0 Å². The first kappa shape index (κ1) is 15.6. The fourth-order valence-electron chi connectivity index (χ4n) is 2.08. The highest BCUT2D eigenvalue weighted by molar-refractivity contribution is 5.13. The van der Waals surface area contributed by atoms with Crippen molar-refractivity contribution >= 4 is 0 Å². The Bertz CT molecular complexity index is 597. The number of nitrogens with zero attached hydrogens (tertiary/aromatic N) is 4. The third-order valence-electron chi connectivity index (χ3n) is 3.12. The van der Waals surface area contributed by atoms with Crippen molar-refractivity contribution in [2.45, 2.75) is 39.2 Å². The van der Waals surface area contributed by atoms with Gasteiger partial charge in [-0.3, -0.25) is 9.36 Å². The maximum atomic E-state index is 12.6. The molecule has 0 fully saturated rings. The van der Waals surface area contributed by atoms with Gasteiger partial charge in [-0.1, -0.05) is 0 Å². The van der Waals surface area contributed by atoms with E-state index in [9.17, 15) is 13.2 Å². The van der Waals surface area contributed by atoms with E-state index in [2.05, 4.69) is 15.5 Å². The molecule has 116 valence electrons. The number of rotatable bonds is 5. The predicted molar refractivity (Wildman–Crippen MR) is 71.4 cm³/mol. The molecule has 0 bridgehead atoms. The smallest absolute Gasteiger partial charge is 0.306 e. The van der Waals surface area contributed by atoms with Crippen LogP contribution in [0.3, 0.4) is 0 Å². The van der Waals surface area contributed by atoms with Gasteiger partial charge in [0.1, 0.15) is 0 Å². The van der Waals surface area contributed by atoms with Crippen LogP contribution in [0.2, 0.25) is 0 Å². The second-order valence-corrected chi connectivity index (χ2v) is 5.11. The fraction of sp³-hybridized carbons (Fsp3) is 0.538. The zero-order valence-corrected chi connectivity index (χ0v) is 12.1. The van der Waals surface area contributed by atoms with Crippen LogP contribution in [-0.4, -0.2) is 19.6 Å². The average molecular weight is 301 g/mol. The van der Waals surface area contributed by atoms with Crippen molar-refractivity contribution in [1.82, 2.24) is 24.9 Å². The summed E-state index contributed by atoms with van der Waals surface area (Å²) >= 11 is 0. The van der Waals surface area contributed by atoms with Crippen LogP contribution in [0, 0.1) is 0 Å². The van der Waals surface area contributed by atoms with E-state index >= 15 is 0 Å². The number of alkyl halides is 3. The predicted octanol–water partition coefficient (Wildman–Crippen LogP) is 2.51. The minimum atomic E-state index is -4.41. The molecule has 0 amide bonds. The number of hydrogen-bond donors (Lipinski definition) is 1. The van der Waals surface area contributed by atoms with Crippen LogP contribution < -0.4 is 5.32 Å². The Morgan fingerprint density at radius 1 is 1.24 bits per heavy atom. The summed E-state index contributed by atoms with van der Waals surface area (Å²) in [5.74, 6) is 0. The van der Waals surface area contributed by atoms with Gasteiger partial charge >= 0.3 is 6.18 Å². The summed E-state index contributed by atoms with van der Waals surface area (Å²) < 4.78 is 40.8. The number of nitrogens with one attached hydrogen (secondary N) is 1. The Balaban J connectivity index is 1.98. The molecule has 0 saturated carbocycles. The van der Waals surface area contributed by atoms with E-state index in [1.54, 1.807) is 6.20 Å². The molecule has 0 aliphatic carbocycles. The van der Waals surface area contributed by atoms with E-state index in [0.29, 0.717) is 18.8 Å². The quantitative estimate of drug-likeness (QED) is 0.923. The number of aryl methyl sites for hydroxylation is 1. The van der Waals surface area contributed by atoms with Gasteiger partial charge in [0.2, 0.25) is 0 Å². The van der Waals surface area contributed by atoms with Crippen molar-refractivity contribution in [2.75, 3.05) is 0 Å². The maximum Gasteiger partial charge on any atom is 0.435 e. The Hall–Kier alpha value is -1.83. The lowest BCUT2D eigenvalue weighted by atomic mass is 10.3. The first-order valence-electron chi connectivity index (χ1n) is 6.62. The summed E-state index contributed by atoms with van der Waals surface area (Å²) in [5, 5.41) is 10.8. The molecule has 0 radical (unpaired) electrons. The molecule has 0 aliphatic heterocycles. The number of hydrogen-bond acceptors (Lipinski definition) is 3. The Morgan fingerprint density at radius 2 is 1.90 bits per heavy atom. The summed E-state index contributed by atoms with van der Waals surface area (Å²) in [6, 6.07) is 3.19. The Kier molecular flexibility index (Phi) is 4.36. The second kappa shape index (κ2) is 5.88. The molecule has 5 nitrogen and oxygen atoms in total. The molecular formula is C13H18F3N5. The molecule has 1 N–H and O–H groups in total. The zero-order chi connectivity index (χ0) is 15.6. The van der Waals surface area contributed by atoms with Crippen molar-refractivity contribution < 1.29 is 13.2 Å². The largest absolute Gasteiger partial charge is 0.435 e. The first-order chi connectivity index (χ1) is 9.79. The van der Waals surface area contributed by atoms with Crippen molar-refractivity contribution in [3.63, 3.8) is 0 Å². The zero-order valence-electron chi connectivity index (χ0n) is 12.1. The number of halogens is 3. The van der Waals surface area contributed by atoms with Gasteiger partial charge in [0.15, 0.2) is 5.69 Å². The van der Waals surface area contributed by atoms with E-state index in [4.69, 9.17) is 0 Å². The summed E-state index contributed by atoms with van der Waals surface area (Å²) in [4.78, 5) is 0. The van der Waals surface area contributed by atoms with Crippen LogP contribution in [0.25, 0.3) is 0 Å². The van der Waals surface area contributed by atoms with Crippen LogP contribution in [0.15, 0.2) is 18.3 Å². The van der Waals surface area contributed by atoms with Crippen molar-refractivity contribution in [1.29, 1.82) is 0 Å². The molecule has 0 spiro atoms. The lowest BCUT2D eigenvalue weighted by Gasteiger charge is -2.11. The monoisotopic (exact) mass is 301 g/mol. The molecule has 2 rings (SSSR count). The van der Waals surface area contributed by atoms with E-state index in [1.165, 1.54) is 11.7 Å². The van der Waals surface area contributed by atoms with E-state index in [0.717, 1.165) is 11.8 Å². The molecule has 8 heteroatoms. The summed E-state index contributed by atoms with van der Waals surface area (Å²) in [7, 11) is 1.50. The van der Waals surface area contributed by atoms with E-state index < -0.39 is 11.9 Å². The van der Waals surface area contributed by atoms with Crippen LogP contribution in [0.5, 0.6) is 0 Å². The molecule has 0 aromatic carbocycles. The molecule has 0 saturated heterocycles. The van der Waals surface area contributed by atoms with Crippen LogP contribution in [-0.2, 0) is 26.3 Å². The Morgan fingerprint density at radius 3 is 2.48 bits per heavy atom. The lowest BCUT2D eigenvalue weighted by molar-refractivity contribution is -0.141. The van der Waals surface area contributed by atoms with Crippen LogP contribution in [0.4, 0.5) is 13.2 Å². The van der Waals surface area contributed by atoms with Gasteiger partial charge < -0.3 is 5.32 Å². The van der Waals surface area contributed by atoms with Gasteiger partial charge in [0, 0.05) is 32.4 Å². The molecule has 0 atom stereocenters. The lowest BCUT2D eigenvalue weighted by Crippen LogP contribution is -2.18. The summed E-state index contributed by atoms with van der Waals surface area (Å²) in [6.07, 6.45) is -2.70. The van der Waals surface area contributed by atoms with E-state index in [-0.39, 0.29) is 6.04 Å². The number of aromatic nitrogens is 4. The van der Waals surface area contributed by atoms with Crippen LogP contribution in [0.1, 0.15) is 37.0 Å². The highest BCUT2D eigenvalue weighted by Gasteiger charge is 2.34. The van der Waals surface area contributed by atoms with Crippen molar-refractivity contribution in [2.24, 2.45) is 7.05 Å². The SMILES string of the molecule is CC(C)n1nccc1CNCc1cc(C(F)(F)F)nn1C. The summed E-state index contributed by atoms with van der Waals surface area (Å²) in [6.45, 7) is 4.88. The van der Waals surface area contributed by atoms with E-state index in [1.807, 2.05) is 24.6 Å². The minimum absolute atomic E-state index is 0.241. The van der Waals surface area contributed by atoms with Gasteiger partial charge in [-0.15, -0.1) is 0 Å². The highest BCUT2D eigenvalue weighted by atomic mass is 19.4. The molecule has 21 heavy (non-hydrogen) atoms. The standard InChI is InChI=1S/C13H18F3N5/c1-9(2)21-10(4-5-18-21)7-17-8-11-6-12(13(14,15)16)19-20(11)3/h4-6,9,17H,7-8H2,1-3H3. The first-order valence-corrected chi connectivity index (χ1v) is 6.62. The molecular weight excluding hydrogens is 283 g/mol. The molecule has 2 aromatic heterocycles. The highest BCUT2D eigenvalue weighted by Crippen LogP contribution is 2.28. The van der Waals surface area contributed by atoms with Gasteiger partial charge in [0.25, 0.3) is 0 Å². The third-order valence-corrected chi connectivity index (χ3v) is 3.12. The third kappa shape index (κ3) is 3.63. The van der Waals surface area contributed by atoms with Crippen LogP contribution >= 0.6 is 0 Å². The maximum absolute atomic E-state index is 12.6. The fourth-order valence-corrected chi connectivity index (χ4v) is 2.08. The van der Waals surface area contributed by atoms with Gasteiger partial charge in [0.05, 0.1) is 11.4 Å². The van der Waals surface area contributed by atoms with Crippen molar-refractivity contribution in [3.05, 3.63) is 35.4 Å². The normalized spacial score (nSPS) is 12.3. The summed E-state index contributed by atoms with van der Waals surface area (Å²) in [5.41, 5.74) is 0.607. The topological polar surface area (TPSA) is 47.7 Å². The average Bonchev–Trinajstić information content (AvgIpc) is 2.96. The van der Waals surface area contributed by atoms with Gasteiger partial charge in [-0.25, -0.2) is 0 Å². The Labute approximate surface area is 120 Å². The molecule has 0 unspecified atom stereocenters. The van der Waals surface area contributed by atoms with Crippen molar-refractivity contribution in [3.8, 4) is 0 Å². The minimum Gasteiger partial charge on any atom is -0.306 e.